The number of amides is 2. The maximum absolute atomic E-state index is 13.0. The molecule has 6 heteroatoms. The highest BCUT2D eigenvalue weighted by Gasteiger charge is 2.24. The first-order valence-corrected chi connectivity index (χ1v) is 9.78. The minimum atomic E-state index is -0.405. The molecule has 0 atom stereocenters. The van der Waals surface area contributed by atoms with E-state index >= 15 is 0 Å². The number of aromatic nitrogens is 2. The van der Waals surface area contributed by atoms with Crippen LogP contribution in [0.3, 0.4) is 0 Å². The van der Waals surface area contributed by atoms with E-state index in [2.05, 4.69) is 34.4 Å². The predicted molar refractivity (Wildman–Crippen MR) is 113 cm³/mol. The molecule has 29 heavy (non-hydrogen) atoms. The first kappa shape index (κ1) is 20.3. The lowest BCUT2D eigenvalue weighted by atomic mass is 9.98. The summed E-state index contributed by atoms with van der Waals surface area (Å²) in [5.41, 5.74) is 2.16. The summed E-state index contributed by atoms with van der Waals surface area (Å²) in [6, 6.07) is 19.1. The molecular formula is C23H26N4O2. The fraction of sp³-hybridized carbons (Fsp3) is 0.261. The third-order valence-electron chi connectivity index (χ3n) is 4.63. The number of rotatable bonds is 8. The zero-order valence-corrected chi connectivity index (χ0v) is 16.7. The Morgan fingerprint density at radius 2 is 1.52 bits per heavy atom. The number of carbonyl (C=O) groups is 2. The van der Waals surface area contributed by atoms with Crippen LogP contribution in [-0.4, -0.2) is 28.3 Å². The second-order valence-electron chi connectivity index (χ2n) is 7.29. The molecule has 0 unspecified atom stereocenters. The van der Waals surface area contributed by atoms with E-state index in [9.17, 15) is 9.59 Å². The standard InChI is InChI=1S/C23H26N4O2/c1-16(2)13-14-24-22(28)20-21(26-15-25-20)23(29)27-19(17-9-5-3-6-10-17)18-11-7-4-8-12-18/h3-12,15-16,19H,13-14H2,1-2H3,(H,24,28)(H,25,26)(H,27,29). The summed E-state index contributed by atoms with van der Waals surface area (Å²) in [7, 11) is 0. The van der Waals surface area contributed by atoms with Crippen LogP contribution in [0, 0.1) is 5.92 Å². The van der Waals surface area contributed by atoms with E-state index in [0.717, 1.165) is 17.5 Å². The van der Waals surface area contributed by atoms with Crippen molar-refractivity contribution in [2.24, 2.45) is 5.92 Å². The number of benzene rings is 2. The molecule has 1 aromatic heterocycles. The zero-order valence-electron chi connectivity index (χ0n) is 16.7. The average Bonchev–Trinajstić information content (AvgIpc) is 3.23. The van der Waals surface area contributed by atoms with Crippen LogP contribution in [0.2, 0.25) is 0 Å². The Balaban J connectivity index is 1.79. The van der Waals surface area contributed by atoms with Gasteiger partial charge in [0.1, 0.15) is 5.69 Å². The number of H-pyrrole nitrogens is 1. The summed E-state index contributed by atoms with van der Waals surface area (Å²) in [5.74, 6) is -0.250. The average molecular weight is 390 g/mol. The summed E-state index contributed by atoms with van der Waals surface area (Å²) in [5, 5.41) is 5.86. The lowest BCUT2D eigenvalue weighted by Crippen LogP contribution is -2.33. The van der Waals surface area contributed by atoms with E-state index < -0.39 is 5.91 Å². The fourth-order valence-corrected chi connectivity index (χ4v) is 3.05. The van der Waals surface area contributed by atoms with Crippen molar-refractivity contribution in [3.05, 3.63) is 89.5 Å². The number of nitrogens with zero attached hydrogens (tertiary/aromatic N) is 1. The van der Waals surface area contributed by atoms with E-state index in [1.807, 2.05) is 60.7 Å². The minimum absolute atomic E-state index is 0.0870. The van der Waals surface area contributed by atoms with Gasteiger partial charge in [0.15, 0.2) is 5.69 Å². The highest BCUT2D eigenvalue weighted by molar-refractivity contribution is 6.04. The molecule has 0 spiro atoms. The Kier molecular flexibility index (Phi) is 6.79. The largest absolute Gasteiger partial charge is 0.351 e. The third kappa shape index (κ3) is 5.31. The molecule has 150 valence electrons. The number of carbonyl (C=O) groups excluding carboxylic acids is 2. The van der Waals surface area contributed by atoms with Crippen molar-refractivity contribution in [2.75, 3.05) is 6.54 Å². The zero-order chi connectivity index (χ0) is 20.6. The monoisotopic (exact) mass is 390 g/mol. The van der Waals surface area contributed by atoms with Gasteiger partial charge in [-0.05, 0) is 23.5 Å². The molecule has 0 aliphatic heterocycles. The Morgan fingerprint density at radius 1 is 0.931 bits per heavy atom. The molecule has 2 amide bonds. The molecular weight excluding hydrogens is 364 g/mol. The van der Waals surface area contributed by atoms with E-state index in [0.29, 0.717) is 12.5 Å². The van der Waals surface area contributed by atoms with E-state index in [1.54, 1.807) is 0 Å². The SMILES string of the molecule is CC(C)CCNC(=O)c1[nH]cnc1C(=O)NC(c1ccccc1)c1ccccc1. The number of hydrogen-bond acceptors (Lipinski definition) is 3. The molecule has 2 aromatic carbocycles. The highest BCUT2D eigenvalue weighted by atomic mass is 16.2. The van der Waals surface area contributed by atoms with Crippen molar-refractivity contribution in [1.82, 2.24) is 20.6 Å². The molecule has 0 saturated heterocycles. The van der Waals surface area contributed by atoms with Crippen molar-refractivity contribution in [3.63, 3.8) is 0 Å². The summed E-state index contributed by atoms with van der Waals surface area (Å²) in [4.78, 5) is 32.4. The summed E-state index contributed by atoms with van der Waals surface area (Å²) < 4.78 is 0. The lowest BCUT2D eigenvalue weighted by Gasteiger charge is -2.19. The van der Waals surface area contributed by atoms with Gasteiger partial charge >= 0.3 is 0 Å². The van der Waals surface area contributed by atoms with Crippen LogP contribution in [0.25, 0.3) is 0 Å². The smallest absolute Gasteiger partial charge is 0.273 e. The van der Waals surface area contributed by atoms with Gasteiger partial charge in [-0.3, -0.25) is 9.59 Å². The first-order chi connectivity index (χ1) is 14.1. The third-order valence-corrected chi connectivity index (χ3v) is 4.63. The van der Waals surface area contributed by atoms with Crippen molar-refractivity contribution in [1.29, 1.82) is 0 Å². The van der Waals surface area contributed by atoms with Crippen molar-refractivity contribution < 1.29 is 9.59 Å². The van der Waals surface area contributed by atoms with E-state index in [-0.39, 0.29) is 23.3 Å². The molecule has 0 fully saturated rings. The Labute approximate surface area is 170 Å². The Bertz CT molecular complexity index is 896. The van der Waals surface area contributed by atoms with Gasteiger partial charge in [0.2, 0.25) is 0 Å². The molecule has 1 heterocycles. The van der Waals surface area contributed by atoms with Gasteiger partial charge < -0.3 is 15.6 Å². The minimum Gasteiger partial charge on any atom is -0.351 e. The Hall–Kier alpha value is -3.41. The Morgan fingerprint density at radius 3 is 2.07 bits per heavy atom. The normalized spacial score (nSPS) is 10.9. The van der Waals surface area contributed by atoms with Crippen LogP contribution >= 0.6 is 0 Å². The quantitative estimate of drug-likeness (QED) is 0.548. The topological polar surface area (TPSA) is 86.9 Å². The van der Waals surface area contributed by atoms with Gasteiger partial charge in [-0.1, -0.05) is 74.5 Å². The van der Waals surface area contributed by atoms with Crippen LogP contribution < -0.4 is 10.6 Å². The lowest BCUT2D eigenvalue weighted by molar-refractivity contribution is 0.0907. The summed E-state index contributed by atoms with van der Waals surface area (Å²) >= 11 is 0. The summed E-state index contributed by atoms with van der Waals surface area (Å²) in [6.07, 6.45) is 2.23. The number of nitrogens with one attached hydrogen (secondary N) is 3. The molecule has 0 aliphatic rings. The van der Waals surface area contributed by atoms with E-state index in [1.165, 1.54) is 6.33 Å². The maximum Gasteiger partial charge on any atom is 0.273 e. The highest BCUT2D eigenvalue weighted by Crippen LogP contribution is 2.22. The van der Waals surface area contributed by atoms with Crippen LogP contribution in [0.4, 0.5) is 0 Å². The van der Waals surface area contributed by atoms with Crippen LogP contribution in [0.15, 0.2) is 67.0 Å². The fourth-order valence-electron chi connectivity index (χ4n) is 3.05. The molecule has 3 rings (SSSR count). The first-order valence-electron chi connectivity index (χ1n) is 9.78. The molecule has 0 bridgehead atoms. The summed E-state index contributed by atoms with van der Waals surface area (Å²) in [6.45, 7) is 4.73. The molecule has 0 saturated carbocycles. The van der Waals surface area contributed by atoms with Gasteiger partial charge in [-0.2, -0.15) is 0 Å². The second-order valence-corrected chi connectivity index (χ2v) is 7.29. The van der Waals surface area contributed by atoms with Gasteiger partial charge in [0.25, 0.3) is 11.8 Å². The van der Waals surface area contributed by atoms with Gasteiger partial charge in [0.05, 0.1) is 12.4 Å². The van der Waals surface area contributed by atoms with Gasteiger partial charge in [-0.15, -0.1) is 0 Å². The van der Waals surface area contributed by atoms with Crippen molar-refractivity contribution in [3.8, 4) is 0 Å². The van der Waals surface area contributed by atoms with Crippen LogP contribution in [0.5, 0.6) is 0 Å². The predicted octanol–water partition coefficient (Wildman–Crippen LogP) is 3.71. The van der Waals surface area contributed by atoms with E-state index in [4.69, 9.17) is 0 Å². The number of imidazole rings is 1. The molecule has 6 nitrogen and oxygen atoms in total. The number of hydrogen-bond donors (Lipinski definition) is 3. The second kappa shape index (κ2) is 9.68. The van der Waals surface area contributed by atoms with Crippen LogP contribution in [0.1, 0.15) is 58.4 Å². The van der Waals surface area contributed by atoms with Crippen molar-refractivity contribution in [2.45, 2.75) is 26.3 Å². The van der Waals surface area contributed by atoms with Gasteiger partial charge in [0, 0.05) is 6.54 Å². The molecule has 3 N–H and O–H groups in total. The number of aromatic amines is 1. The maximum atomic E-state index is 13.0. The van der Waals surface area contributed by atoms with Gasteiger partial charge in [-0.25, -0.2) is 4.98 Å². The van der Waals surface area contributed by atoms with Crippen molar-refractivity contribution >= 4 is 11.8 Å². The van der Waals surface area contributed by atoms with Crippen LogP contribution in [-0.2, 0) is 0 Å². The molecule has 0 radical (unpaired) electrons. The molecule has 0 aliphatic carbocycles. The molecule has 3 aromatic rings.